The van der Waals surface area contributed by atoms with Crippen LogP contribution in [0.1, 0.15) is 11.3 Å². The highest BCUT2D eigenvalue weighted by molar-refractivity contribution is 6.28. The molecule has 8 heteroatoms. The Morgan fingerprint density at radius 2 is 1.92 bits per heavy atom. The minimum atomic E-state index is -0.132. The maximum Gasteiger partial charge on any atom is 0.323 e. The second-order valence-corrected chi connectivity index (χ2v) is 6.10. The molecule has 0 spiro atoms. The topological polar surface area (TPSA) is 74.2 Å². The number of halogens is 1. The fourth-order valence-electron chi connectivity index (χ4n) is 2.73. The summed E-state index contributed by atoms with van der Waals surface area (Å²) in [5, 5.41) is 3.10. The van der Waals surface area contributed by atoms with E-state index in [0.29, 0.717) is 32.0 Å². The third-order valence-electron chi connectivity index (χ3n) is 3.84. The molecule has 0 unspecified atom stereocenters. The molecule has 126 valence electrons. The number of nitrogens with zero attached hydrogens (tertiary/aromatic N) is 5. The van der Waals surface area contributed by atoms with Crippen LogP contribution in [0.5, 0.6) is 0 Å². The van der Waals surface area contributed by atoms with Crippen molar-refractivity contribution in [2.45, 2.75) is 13.8 Å². The minimum absolute atomic E-state index is 0.132. The van der Waals surface area contributed by atoms with Crippen LogP contribution in [0.25, 0.3) is 0 Å². The van der Waals surface area contributed by atoms with Crippen molar-refractivity contribution >= 4 is 29.3 Å². The number of amides is 2. The quantitative estimate of drug-likeness (QED) is 0.846. The number of carbonyl (C=O) groups is 1. The molecule has 0 aromatic carbocycles. The summed E-state index contributed by atoms with van der Waals surface area (Å²) < 4.78 is 0. The number of hydrogen-bond acceptors (Lipinski definition) is 5. The lowest BCUT2D eigenvalue weighted by Gasteiger charge is -2.35. The Hall–Kier alpha value is -2.41. The molecule has 1 aliphatic rings. The average molecular weight is 347 g/mol. The molecule has 0 radical (unpaired) electrons. The van der Waals surface area contributed by atoms with Gasteiger partial charge in [-0.3, -0.25) is 5.32 Å². The highest BCUT2D eigenvalue weighted by Crippen LogP contribution is 2.16. The first-order valence-electron chi connectivity index (χ1n) is 7.76. The van der Waals surface area contributed by atoms with Gasteiger partial charge in [-0.25, -0.2) is 19.7 Å². The van der Waals surface area contributed by atoms with Gasteiger partial charge in [0.2, 0.25) is 5.28 Å². The van der Waals surface area contributed by atoms with Crippen molar-refractivity contribution in [3.8, 4) is 0 Å². The van der Waals surface area contributed by atoms with Crippen molar-refractivity contribution in [3.05, 3.63) is 40.9 Å². The zero-order chi connectivity index (χ0) is 17.1. The lowest BCUT2D eigenvalue weighted by Crippen LogP contribution is -2.50. The van der Waals surface area contributed by atoms with Gasteiger partial charge in [0.15, 0.2) is 0 Å². The summed E-state index contributed by atoms with van der Waals surface area (Å²) in [5.74, 6) is 1.37. The largest absolute Gasteiger partial charge is 0.353 e. The van der Waals surface area contributed by atoms with Crippen LogP contribution >= 0.6 is 11.6 Å². The second kappa shape index (κ2) is 7.00. The Morgan fingerprint density at radius 3 is 2.58 bits per heavy atom. The highest BCUT2D eigenvalue weighted by Gasteiger charge is 2.22. The van der Waals surface area contributed by atoms with Gasteiger partial charge >= 0.3 is 6.03 Å². The van der Waals surface area contributed by atoms with E-state index in [1.807, 2.05) is 32.0 Å². The Bertz CT molecular complexity index is 725. The van der Waals surface area contributed by atoms with E-state index in [4.69, 9.17) is 11.6 Å². The molecule has 0 saturated carbocycles. The normalized spacial score (nSPS) is 14.6. The van der Waals surface area contributed by atoms with Gasteiger partial charge < -0.3 is 9.80 Å². The summed E-state index contributed by atoms with van der Waals surface area (Å²) in [6.07, 6.45) is 1.63. The number of pyridine rings is 1. The molecule has 2 amide bonds. The summed E-state index contributed by atoms with van der Waals surface area (Å²) in [7, 11) is 0. The van der Waals surface area contributed by atoms with Crippen molar-refractivity contribution in [1.29, 1.82) is 0 Å². The SMILES string of the molecule is Cc1cc(C)nc(NC(=O)N2CCN(c3ccnc(Cl)n3)CC2)c1. The zero-order valence-corrected chi connectivity index (χ0v) is 14.4. The van der Waals surface area contributed by atoms with Gasteiger partial charge in [-0.05, 0) is 49.2 Å². The van der Waals surface area contributed by atoms with Crippen molar-refractivity contribution in [3.63, 3.8) is 0 Å². The first-order chi connectivity index (χ1) is 11.5. The molecule has 0 bridgehead atoms. The maximum absolute atomic E-state index is 12.4. The summed E-state index contributed by atoms with van der Waals surface area (Å²) in [6, 6.07) is 5.53. The lowest BCUT2D eigenvalue weighted by atomic mass is 10.2. The number of aryl methyl sites for hydroxylation is 2. The molecule has 3 rings (SSSR count). The van der Waals surface area contributed by atoms with Gasteiger partial charge in [0.1, 0.15) is 11.6 Å². The van der Waals surface area contributed by atoms with Gasteiger partial charge in [0, 0.05) is 38.1 Å². The summed E-state index contributed by atoms with van der Waals surface area (Å²) >= 11 is 5.83. The summed E-state index contributed by atoms with van der Waals surface area (Å²) in [6.45, 7) is 6.50. The number of urea groups is 1. The molecule has 0 atom stereocenters. The van der Waals surface area contributed by atoms with E-state index in [9.17, 15) is 4.79 Å². The third-order valence-corrected chi connectivity index (χ3v) is 4.02. The van der Waals surface area contributed by atoms with Gasteiger partial charge in [-0.1, -0.05) is 0 Å². The fourth-order valence-corrected chi connectivity index (χ4v) is 2.88. The van der Waals surface area contributed by atoms with Crippen molar-refractivity contribution in [2.24, 2.45) is 0 Å². The van der Waals surface area contributed by atoms with Crippen LogP contribution in [0, 0.1) is 13.8 Å². The number of rotatable bonds is 2. The van der Waals surface area contributed by atoms with Crippen LogP contribution in [-0.2, 0) is 0 Å². The molecule has 0 aliphatic carbocycles. The predicted molar refractivity (Wildman–Crippen MR) is 93.6 cm³/mol. The number of nitrogens with one attached hydrogen (secondary N) is 1. The fraction of sp³-hybridized carbons (Fsp3) is 0.375. The van der Waals surface area contributed by atoms with Crippen LogP contribution in [0.15, 0.2) is 24.4 Å². The molecule has 2 aromatic heterocycles. The van der Waals surface area contributed by atoms with Crippen LogP contribution in [0.3, 0.4) is 0 Å². The van der Waals surface area contributed by atoms with Crippen LogP contribution in [-0.4, -0.2) is 52.1 Å². The predicted octanol–water partition coefficient (Wildman–Crippen LogP) is 2.50. The standard InChI is InChI=1S/C16H19ClN6O/c1-11-9-12(2)19-13(10-11)20-16(24)23-7-5-22(6-8-23)14-3-4-18-15(17)21-14/h3-4,9-10H,5-8H2,1-2H3,(H,19,20,24). The maximum atomic E-state index is 12.4. The first-order valence-corrected chi connectivity index (χ1v) is 8.14. The molecule has 1 fully saturated rings. The third kappa shape index (κ3) is 3.91. The zero-order valence-electron chi connectivity index (χ0n) is 13.7. The van der Waals surface area contributed by atoms with Crippen molar-refractivity contribution < 1.29 is 4.79 Å². The summed E-state index contributed by atoms with van der Waals surface area (Å²) in [4.78, 5) is 28.7. The Labute approximate surface area is 145 Å². The number of hydrogen-bond donors (Lipinski definition) is 1. The van der Waals surface area contributed by atoms with Crippen LogP contribution in [0.2, 0.25) is 5.28 Å². The van der Waals surface area contributed by atoms with E-state index < -0.39 is 0 Å². The lowest BCUT2D eigenvalue weighted by molar-refractivity contribution is 0.208. The molecule has 1 N–H and O–H groups in total. The van der Waals surface area contributed by atoms with E-state index >= 15 is 0 Å². The van der Waals surface area contributed by atoms with E-state index in [1.54, 1.807) is 11.1 Å². The monoisotopic (exact) mass is 346 g/mol. The van der Waals surface area contributed by atoms with E-state index in [2.05, 4.69) is 25.2 Å². The second-order valence-electron chi connectivity index (χ2n) is 5.76. The molecule has 1 saturated heterocycles. The molecule has 24 heavy (non-hydrogen) atoms. The Balaban J connectivity index is 1.59. The molecule has 7 nitrogen and oxygen atoms in total. The smallest absolute Gasteiger partial charge is 0.323 e. The molecular formula is C16H19ClN6O. The number of carbonyl (C=O) groups excluding carboxylic acids is 1. The molecule has 3 heterocycles. The molecular weight excluding hydrogens is 328 g/mol. The van der Waals surface area contributed by atoms with Crippen LogP contribution < -0.4 is 10.2 Å². The number of anilines is 2. The average Bonchev–Trinajstić information content (AvgIpc) is 2.54. The van der Waals surface area contributed by atoms with Crippen molar-refractivity contribution in [1.82, 2.24) is 19.9 Å². The number of aromatic nitrogens is 3. The summed E-state index contributed by atoms with van der Waals surface area (Å²) in [5.41, 5.74) is 1.96. The Morgan fingerprint density at radius 1 is 1.17 bits per heavy atom. The van der Waals surface area contributed by atoms with E-state index in [1.165, 1.54) is 0 Å². The van der Waals surface area contributed by atoms with E-state index in [0.717, 1.165) is 17.1 Å². The van der Waals surface area contributed by atoms with Gasteiger partial charge in [-0.2, -0.15) is 0 Å². The van der Waals surface area contributed by atoms with Gasteiger partial charge in [0.05, 0.1) is 0 Å². The van der Waals surface area contributed by atoms with Gasteiger partial charge in [-0.15, -0.1) is 0 Å². The van der Waals surface area contributed by atoms with Crippen LogP contribution in [0.4, 0.5) is 16.4 Å². The van der Waals surface area contributed by atoms with Crippen molar-refractivity contribution in [2.75, 3.05) is 36.4 Å². The first kappa shape index (κ1) is 16.4. The molecule has 2 aromatic rings. The minimum Gasteiger partial charge on any atom is -0.353 e. The Kier molecular flexibility index (Phi) is 4.80. The van der Waals surface area contributed by atoms with Gasteiger partial charge in [0.25, 0.3) is 0 Å². The van der Waals surface area contributed by atoms with E-state index in [-0.39, 0.29) is 11.3 Å². The highest BCUT2D eigenvalue weighted by atomic mass is 35.5. The number of piperazine rings is 1. The molecule has 1 aliphatic heterocycles.